The van der Waals surface area contributed by atoms with Crippen molar-refractivity contribution < 1.29 is 14.3 Å². The zero-order valence-corrected chi connectivity index (χ0v) is 18.1. The topological polar surface area (TPSA) is 83.6 Å². The first kappa shape index (κ1) is 20.6. The van der Waals surface area contributed by atoms with Crippen molar-refractivity contribution in [3.63, 3.8) is 0 Å². The van der Waals surface area contributed by atoms with E-state index in [0.29, 0.717) is 12.5 Å². The lowest BCUT2D eigenvalue weighted by atomic mass is 9.86. The Bertz CT molecular complexity index is 698. The summed E-state index contributed by atoms with van der Waals surface area (Å²) in [5, 5.41) is 7.86. The number of rotatable bonds is 4. The van der Waals surface area contributed by atoms with Crippen LogP contribution in [0, 0.1) is 5.92 Å². The minimum Gasteiger partial charge on any atom is -0.466 e. The number of amides is 2. The van der Waals surface area contributed by atoms with Crippen molar-refractivity contribution in [2.24, 2.45) is 5.92 Å². The van der Waals surface area contributed by atoms with Crippen LogP contribution in [-0.2, 0) is 22.5 Å². The van der Waals surface area contributed by atoms with Gasteiger partial charge in [-0.25, -0.2) is 9.78 Å². The number of hydrogen-bond donors (Lipinski definition) is 2. The molecular formula is C21H32N4O3S. The number of carbonyl (C=O) groups is 2. The summed E-state index contributed by atoms with van der Waals surface area (Å²) in [5.41, 5.74) is 1.28. The van der Waals surface area contributed by atoms with E-state index in [9.17, 15) is 9.59 Å². The molecule has 1 aromatic rings. The Balaban J connectivity index is 1.21. The molecule has 0 unspecified atom stereocenters. The third-order valence-electron chi connectivity index (χ3n) is 6.43. The van der Waals surface area contributed by atoms with E-state index in [1.807, 2.05) is 23.2 Å². The van der Waals surface area contributed by atoms with E-state index in [0.717, 1.165) is 71.1 Å². The summed E-state index contributed by atoms with van der Waals surface area (Å²) in [5.74, 6) is 0.395. The second kappa shape index (κ2) is 9.43. The number of hydrogen-bond acceptors (Lipinski definition) is 6. The highest BCUT2D eigenvalue weighted by Gasteiger charge is 2.31. The van der Waals surface area contributed by atoms with Crippen molar-refractivity contribution in [3.8, 4) is 0 Å². The average molecular weight is 421 g/mol. The van der Waals surface area contributed by atoms with E-state index in [2.05, 4.69) is 10.6 Å². The number of urea groups is 1. The van der Waals surface area contributed by atoms with Gasteiger partial charge in [-0.05, 0) is 45.4 Å². The van der Waals surface area contributed by atoms with Crippen LogP contribution in [0.1, 0.15) is 66.9 Å². The quantitative estimate of drug-likeness (QED) is 0.732. The molecule has 7 nitrogen and oxygen atoms in total. The van der Waals surface area contributed by atoms with E-state index >= 15 is 0 Å². The van der Waals surface area contributed by atoms with Gasteiger partial charge in [0.2, 0.25) is 0 Å². The van der Waals surface area contributed by atoms with Crippen LogP contribution in [0.4, 0.5) is 4.79 Å². The summed E-state index contributed by atoms with van der Waals surface area (Å²) < 4.78 is 5.12. The summed E-state index contributed by atoms with van der Waals surface area (Å²) in [6.07, 6.45) is 6.32. The molecule has 2 aliphatic heterocycles. The molecule has 2 amide bonds. The fourth-order valence-corrected chi connectivity index (χ4v) is 5.90. The molecule has 0 aromatic carbocycles. The Morgan fingerprint density at radius 1 is 1.21 bits per heavy atom. The molecule has 3 aliphatic rings. The number of ether oxygens (including phenoxy) is 1. The number of nitrogens with one attached hydrogen (secondary N) is 2. The van der Waals surface area contributed by atoms with Crippen molar-refractivity contribution in [2.75, 3.05) is 26.2 Å². The molecule has 4 rings (SSSR count). The summed E-state index contributed by atoms with van der Waals surface area (Å²) in [7, 11) is 0. The summed E-state index contributed by atoms with van der Waals surface area (Å²) in [4.78, 5) is 32.8. The van der Waals surface area contributed by atoms with Gasteiger partial charge < -0.3 is 20.3 Å². The second-order valence-corrected chi connectivity index (χ2v) is 9.48. The van der Waals surface area contributed by atoms with Crippen LogP contribution in [0.25, 0.3) is 0 Å². The van der Waals surface area contributed by atoms with Crippen LogP contribution in [0.5, 0.6) is 0 Å². The van der Waals surface area contributed by atoms with Crippen LogP contribution in [0.2, 0.25) is 0 Å². The van der Waals surface area contributed by atoms with Crippen LogP contribution in [0.15, 0.2) is 0 Å². The van der Waals surface area contributed by atoms with Gasteiger partial charge in [0.05, 0.1) is 23.2 Å². The largest absolute Gasteiger partial charge is 0.466 e. The zero-order chi connectivity index (χ0) is 20.2. The molecule has 0 bridgehead atoms. The van der Waals surface area contributed by atoms with Crippen LogP contribution in [-0.4, -0.2) is 54.2 Å². The lowest BCUT2D eigenvalue weighted by molar-refractivity contribution is -0.149. The molecule has 1 aliphatic carbocycles. The van der Waals surface area contributed by atoms with Gasteiger partial charge in [-0.15, -0.1) is 11.3 Å². The fourth-order valence-electron chi connectivity index (χ4n) is 4.65. The molecule has 3 heterocycles. The molecule has 1 saturated carbocycles. The molecule has 160 valence electrons. The van der Waals surface area contributed by atoms with Crippen molar-refractivity contribution in [1.82, 2.24) is 20.5 Å². The van der Waals surface area contributed by atoms with Crippen LogP contribution in [0.3, 0.4) is 0 Å². The number of likely N-dealkylation sites (tertiary alicyclic amines) is 1. The Hall–Kier alpha value is -1.67. The molecule has 2 fully saturated rings. The van der Waals surface area contributed by atoms with E-state index in [-0.39, 0.29) is 24.0 Å². The predicted octanol–water partition coefficient (Wildman–Crippen LogP) is 2.80. The monoisotopic (exact) mass is 420 g/mol. The molecule has 0 atom stereocenters. The number of carbonyl (C=O) groups excluding carboxylic acids is 2. The molecule has 1 aromatic heterocycles. The average Bonchev–Trinajstić information content (AvgIpc) is 3.19. The predicted molar refractivity (Wildman–Crippen MR) is 112 cm³/mol. The van der Waals surface area contributed by atoms with Gasteiger partial charge in [-0.3, -0.25) is 4.79 Å². The number of thiazole rings is 1. The van der Waals surface area contributed by atoms with Gasteiger partial charge in [-0.1, -0.05) is 0 Å². The smallest absolute Gasteiger partial charge is 0.317 e. The molecular weight excluding hydrogens is 388 g/mol. The van der Waals surface area contributed by atoms with Gasteiger partial charge in [-0.2, -0.15) is 0 Å². The standard InChI is InChI=1S/C21H32N4O3S/c1-2-28-20(26)15-3-5-16(6-4-15)23-21(27)25-11-8-14(9-12-25)19-24-17-7-10-22-13-18(17)29-19/h14-16,22H,2-13H2,1H3,(H,23,27). The van der Waals surface area contributed by atoms with Gasteiger partial charge in [0.25, 0.3) is 0 Å². The zero-order valence-electron chi connectivity index (χ0n) is 17.2. The van der Waals surface area contributed by atoms with Gasteiger partial charge >= 0.3 is 12.0 Å². The highest BCUT2D eigenvalue weighted by atomic mass is 32.1. The van der Waals surface area contributed by atoms with Gasteiger partial charge in [0.1, 0.15) is 0 Å². The minimum absolute atomic E-state index is 0.00170. The highest BCUT2D eigenvalue weighted by Crippen LogP contribution is 2.34. The Morgan fingerprint density at radius 2 is 1.97 bits per heavy atom. The van der Waals surface area contributed by atoms with Crippen molar-refractivity contribution in [3.05, 3.63) is 15.6 Å². The van der Waals surface area contributed by atoms with E-state index < -0.39 is 0 Å². The molecule has 2 N–H and O–H groups in total. The Kier molecular flexibility index (Phi) is 6.70. The lowest BCUT2D eigenvalue weighted by Gasteiger charge is -2.34. The van der Waals surface area contributed by atoms with E-state index in [1.165, 1.54) is 15.6 Å². The van der Waals surface area contributed by atoms with Crippen LogP contribution < -0.4 is 10.6 Å². The number of fused-ring (bicyclic) bond motifs is 1. The van der Waals surface area contributed by atoms with E-state index in [1.54, 1.807) is 0 Å². The third kappa shape index (κ3) is 4.91. The SMILES string of the molecule is CCOC(=O)C1CCC(NC(=O)N2CCC(c3nc4c(s3)CNCC4)CC2)CC1. The molecule has 0 spiro atoms. The fraction of sp³-hybridized carbons (Fsp3) is 0.762. The number of nitrogens with zero attached hydrogens (tertiary/aromatic N) is 2. The molecule has 0 radical (unpaired) electrons. The van der Waals surface area contributed by atoms with Gasteiger partial charge in [0.15, 0.2) is 0 Å². The molecule has 29 heavy (non-hydrogen) atoms. The normalized spacial score (nSPS) is 25.3. The van der Waals surface area contributed by atoms with Crippen molar-refractivity contribution in [1.29, 1.82) is 0 Å². The molecule has 1 saturated heterocycles. The van der Waals surface area contributed by atoms with Crippen molar-refractivity contribution >= 4 is 23.3 Å². The molecule has 8 heteroatoms. The first-order valence-corrected chi connectivity index (χ1v) is 11.9. The lowest BCUT2D eigenvalue weighted by Crippen LogP contribution is -2.48. The number of piperidine rings is 1. The van der Waals surface area contributed by atoms with Crippen LogP contribution >= 0.6 is 11.3 Å². The maximum absolute atomic E-state index is 12.7. The second-order valence-electron chi connectivity index (χ2n) is 8.36. The van der Waals surface area contributed by atoms with Gasteiger partial charge in [0, 0.05) is 49.4 Å². The van der Waals surface area contributed by atoms with E-state index in [4.69, 9.17) is 9.72 Å². The summed E-state index contributed by atoms with van der Waals surface area (Å²) >= 11 is 1.86. The highest BCUT2D eigenvalue weighted by molar-refractivity contribution is 7.11. The Labute approximate surface area is 176 Å². The minimum atomic E-state index is -0.0843. The number of esters is 1. The first-order chi connectivity index (χ1) is 14.1. The summed E-state index contributed by atoms with van der Waals surface area (Å²) in [6.45, 7) is 5.83. The maximum Gasteiger partial charge on any atom is 0.317 e. The van der Waals surface area contributed by atoms with Crippen molar-refractivity contribution in [2.45, 2.75) is 70.4 Å². The first-order valence-electron chi connectivity index (χ1n) is 11.0. The third-order valence-corrected chi connectivity index (χ3v) is 7.69. The summed E-state index contributed by atoms with van der Waals surface area (Å²) in [6, 6.07) is 0.217. The number of aromatic nitrogens is 1. The maximum atomic E-state index is 12.7. The Morgan fingerprint density at radius 3 is 2.66 bits per heavy atom.